The largest absolute Gasteiger partial charge is 0.497 e. The van der Waals surface area contributed by atoms with Gasteiger partial charge >= 0.3 is 0 Å². The first kappa shape index (κ1) is 22.4. The van der Waals surface area contributed by atoms with E-state index in [0.717, 1.165) is 31.9 Å². The van der Waals surface area contributed by atoms with Crippen LogP contribution in [0.25, 0.3) is 0 Å². The molecule has 0 aliphatic carbocycles. The monoisotopic (exact) mass is 442 g/mol. The van der Waals surface area contributed by atoms with Gasteiger partial charge in [0, 0.05) is 37.4 Å². The van der Waals surface area contributed by atoms with Crippen LogP contribution in [0.1, 0.15) is 21.5 Å². The molecule has 1 fully saturated rings. The molecule has 4 rings (SSSR count). The lowest BCUT2D eigenvalue weighted by Gasteiger charge is -2.38. The second kappa shape index (κ2) is 10.2. The van der Waals surface area contributed by atoms with Gasteiger partial charge in [0.15, 0.2) is 0 Å². The molecule has 1 aliphatic heterocycles. The first-order valence-corrected chi connectivity index (χ1v) is 11.2. The van der Waals surface area contributed by atoms with E-state index in [9.17, 15) is 4.79 Å². The average Bonchev–Trinajstić information content (AvgIpc) is 2.86. The number of benzene rings is 3. The van der Waals surface area contributed by atoms with Crippen molar-refractivity contribution in [1.29, 1.82) is 0 Å². The van der Waals surface area contributed by atoms with Crippen LogP contribution in [0, 0.1) is 13.8 Å². The van der Waals surface area contributed by atoms with Crippen LogP contribution in [0.4, 0.5) is 11.4 Å². The summed E-state index contributed by atoms with van der Waals surface area (Å²) in [6.45, 7) is 7.52. The maximum Gasteiger partial charge on any atom is 0.257 e. The number of methoxy groups -OCH3 is 1. The number of rotatable bonds is 4. The summed E-state index contributed by atoms with van der Waals surface area (Å²) in [4.78, 5) is 22.3. The van der Waals surface area contributed by atoms with Crippen molar-refractivity contribution in [2.45, 2.75) is 13.8 Å². The van der Waals surface area contributed by atoms with Crippen molar-refractivity contribution in [3.8, 4) is 5.75 Å². The summed E-state index contributed by atoms with van der Waals surface area (Å²) in [5, 5.41) is 3.04. The molecule has 0 atom stereocenters. The number of piperazine rings is 1. The lowest BCUT2D eigenvalue weighted by atomic mass is 10.1. The van der Waals surface area contributed by atoms with E-state index in [1.807, 2.05) is 30.3 Å². The molecule has 1 aliphatic rings. The number of nitrogens with zero attached hydrogens (tertiary/aromatic N) is 3. The summed E-state index contributed by atoms with van der Waals surface area (Å²) >= 11 is 0. The number of guanidine groups is 1. The van der Waals surface area contributed by atoms with Gasteiger partial charge in [-0.2, -0.15) is 0 Å². The van der Waals surface area contributed by atoms with Crippen LogP contribution < -0.4 is 15.0 Å². The zero-order valence-corrected chi connectivity index (χ0v) is 19.4. The summed E-state index contributed by atoms with van der Waals surface area (Å²) in [7, 11) is 1.61. The minimum atomic E-state index is -0.190. The highest BCUT2D eigenvalue weighted by atomic mass is 16.5. The lowest BCUT2D eigenvalue weighted by molar-refractivity contribution is 0.0971. The Bertz CT molecular complexity index is 1120. The molecule has 0 unspecified atom stereocenters. The molecular formula is C27H30N4O2. The topological polar surface area (TPSA) is 57.2 Å². The molecule has 1 amide bonds. The third-order valence-corrected chi connectivity index (χ3v) is 5.85. The first-order chi connectivity index (χ1) is 16.0. The molecule has 0 aromatic heterocycles. The Balaban J connectivity index is 1.52. The second-order valence-electron chi connectivity index (χ2n) is 8.22. The molecular weight excluding hydrogens is 412 g/mol. The Morgan fingerprint density at radius 1 is 0.909 bits per heavy atom. The minimum absolute atomic E-state index is 0.190. The third-order valence-electron chi connectivity index (χ3n) is 5.85. The van der Waals surface area contributed by atoms with Crippen LogP contribution >= 0.6 is 0 Å². The van der Waals surface area contributed by atoms with Gasteiger partial charge in [0.2, 0.25) is 5.96 Å². The molecule has 170 valence electrons. The molecule has 6 heteroatoms. The number of anilines is 1. The highest BCUT2D eigenvalue weighted by Crippen LogP contribution is 2.23. The zero-order valence-electron chi connectivity index (χ0n) is 19.4. The average molecular weight is 443 g/mol. The van der Waals surface area contributed by atoms with Crippen molar-refractivity contribution in [1.82, 2.24) is 10.2 Å². The number of aryl methyl sites for hydroxylation is 2. The number of hydrogen-bond donors (Lipinski definition) is 1. The van der Waals surface area contributed by atoms with Crippen molar-refractivity contribution in [3.05, 3.63) is 89.5 Å². The van der Waals surface area contributed by atoms with Crippen LogP contribution in [0.3, 0.4) is 0 Å². The predicted molar refractivity (Wildman–Crippen MR) is 134 cm³/mol. The van der Waals surface area contributed by atoms with Gasteiger partial charge < -0.3 is 14.5 Å². The van der Waals surface area contributed by atoms with Crippen molar-refractivity contribution in [2.24, 2.45) is 4.99 Å². The molecule has 33 heavy (non-hydrogen) atoms. The standard InChI is InChI=1S/C27H30N4O2/c1-20-9-10-21(2)25(19-20)30-15-17-31(18-16-30)27(28-23-7-5-4-6-8-23)29-26(32)22-11-13-24(33-3)14-12-22/h4-14,19H,15-18H2,1-3H3,(H,28,29,32). The van der Waals surface area contributed by atoms with E-state index in [1.165, 1.54) is 16.8 Å². The van der Waals surface area contributed by atoms with Crippen molar-refractivity contribution >= 4 is 23.2 Å². The van der Waals surface area contributed by atoms with Crippen LogP contribution in [-0.2, 0) is 0 Å². The van der Waals surface area contributed by atoms with E-state index in [4.69, 9.17) is 9.73 Å². The highest BCUT2D eigenvalue weighted by molar-refractivity contribution is 6.06. The second-order valence-corrected chi connectivity index (χ2v) is 8.22. The van der Waals surface area contributed by atoms with Gasteiger partial charge in [0.25, 0.3) is 5.91 Å². The maximum atomic E-state index is 13.0. The highest BCUT2D eigenvalue weighted by Gasteiger charge is 2.23. The molecule has 0 bridgehead atoms. The molecule has 0 saturated carbocycles. The number of carbonyl (C=O) groups is 1. The Labute approximate surface area is 195 Å². The number of ether oxygens (including phenoxy) is 1. The predicted octanol–water partition coefficient (Wildman–Crippen LogP) is 4.55. The number of nitrogens with one attached hydrogen (secondary N) is 1. The Kier molecular flexibility index (Phi) is 6.93. The van der Waals surface area contributed by atoms with Gasteiger partial charge in [0.1, 0.15) is 5.75 Å². The number of amides is 1. The maximum absolute atomic E-state index is 13.0. The number of aliphatic imine (C=N–C) groups is 1. The van der Waals surface area contributed by atoms with Crippen LogP contribution in [-0.4, -0.2) is 50.1 Å². The summed E-state index contributed by atoms with van der Waals surface area (Å²) in [5.41, 5.74) is 5.18. The van der Waals surface area contributed by atoms with Crippen molar-refractivity contribution in [3.63, 3.8) is 0 Å². The molecule has 0 spiro atoms. The first-order valence-electron chi connectivity index (χ1n) is 11.2. The molecule has 1 N–H and O–H groups in total. The fourth-order valence-corrected chi connectivity index (χ4v) is 3.94. The molecule has 1 saturated heterocycles. The normalized spacial score (nSPS) is 14.2. The summed E-state index contributed by atoms with van der Waals surface area (Å²) in [5.74, 6) is 1.10. The van der Waals surface area contributed by atoms with Crippen molar-refractivity contribution < 1.29 is 9.53 Å². The van der Waals surface area contributed by atoms with Gasteiger partial charge in [-0.3, -0.25) is 10.1 Å². The SMILES string of the molecule is COc1ccc(C(=O)NC(=Nc2ccccc2)N2CCN(c3cc(C)ccc3C)CC2)cc1. The molecule has 3 aromatic rings. The lowest BCUT2D eigenvalue weighted by Crippen LogP contribution is -2.53. The Morgan fingerprint density at radius 2 is 1.61 bits per heavy atom. The smallest absolute Gasteiger partial charge is 0.257 e. The summed E-state index contributed by atoms with van der Waals surface area (Å²) in [6, 6.07) is 23.4. The third kappa shape index (κ3) is 5.52. The van der Waals surface area contributed by atoms with Crippen LogP contribution in [0.15, 0.2) is 77.8 Å². The van der Waals surface area contributed by atoms with Crippen LogP contribution in [0.5, 0.6) is 5.75 Å². The van der Waals surface area contributed by atoms with E-state index >= 15 is 0 Å². The van der Waals surface area contributed by atoms with Gasteiger partial charge in [-0.15, -0.1) is 0 Å². The van der Waals surface area contributed by atoms with Gasteiger partial charge in [-0.05, 0) is 67.4 Å². The Hall–Kier alpha value is -3.80. The molecule has 1 heterocycles. The molecule has 0 radical (unpaired) electrons. The zero-order chi connectivity index (χ0) is 23.2. The Morgan fingerprint density at radius 3 is 2.27 bits per heavy atom. The van der Waals surface area contributed by atoms with E-state index < -0.39 is 0 Å². The number of carbonyl (C=O) groups excluding carboxylic acids is 1. The quantitative estimate of drug-likeness (QED) is 0.476. The van der Waals surface area contributed by atoms with E-state index in [0.29, 0.717) is 17.3 Å². The van der Waals surface area contributed by atoms with Gasteiger partial charge in [0.05, 0.1) is 12.8 Å². The van der Waals surface area contributed by atoms with Gasteiger partial charge in [-0.1, -0.05) is 30.3 Å². The molecule has 3 aromatic carbocycles. The minimum Gasteiger partial charge on any atom is -0.497 e. The fourth-order valence-electron chi connectivity index (χ4n) is 3.94. The van der Waals surface area contributed by atoms with E-state index in [-0.39, 0.29) is 5.91 Å². The van der Waals surface area contributed by atoms with Crippen molar-refractivity contribution in [2.75, 3.05) is 38.2 Å². The summed E-state index contributed by atoms with van der Waals surface area (Å²) in [6.07, 6.45) is 0. The van der Waals surface area contributed by atoms with E-state index in [1.54, 1.807) is 31.4 Å². The van der Waals surface area contributed by atoms with Crippen LogP contribution in [0.2, 0.25) is 0 Å². The number of para-hydroxylation sites is 1. The number of hydrogen-bond acceptors (Lipinski definition) is 4. The van der Waals surface area contributed by atoms with Gasteiger partial charge in [-0.25, -0.2) is 4.99 Å². The molecule has 6 nitrogen and oxygen atoms in total. The summed E-state index contributed by atoms with van der Waals surface area (Å²) < 4.78 is 5.20. The van der Waals surface area contributed by atoms with E-state index in [2.05, 4.69) is 47.2 Å². The fraction of sp³-hybridized carbons (Fsp3) is 0.259.